The number of ether oxygens (including phenoxy) is 1. The highest BCUT2D eigenvalue weighted by Gasteiger charge is 2.30. The summed E-state index contributed by atoms with van der Waals surface area (Å²) in [7, 11) is 0. The molecule has 1 aliphatic rings. The largest absolute Gasteiger partial charge is 0.463 e. The van der Waals surface area contributed by atoms with Gasteiger partial charge in [0.05, 0.1) is 18.0 Å². The highest BCUT2D eigenvalue weighted by molar-refractivity contribution is 5.73. The number of hydrogen-bond acceptors (Lipinski definition) is 5. The van der Waals surface area contributed by atoms with Gasteiger partial charge in [0.1, 0.15) is 12.4 Å². The Morgan fingerprint density at radius 1 is 1.38 bits per heavy atom. The third-order valence-corrected chi connectivity index (χ3v) is 3.61. The molecule has 2 rings (SSSR count). The van der Waals surface area contributed by atoms with Crippen molar-refractivity contribution in [3.05, 3.63) is 53.9 Å². The molecule has 1 aliphatic heterocycles. The molecule has 26 heavy (non-hydrogen) atoms. The van der Waals surface area contributed by atoms with Crippen molar-refractivity contribution in [2.24, 2.45) is 21.5 Å². The lowest BCUT2D eigenvalue weighted by molar-refractivity contribution is -0.0878. The topological polar surface area (TPSA) is 98.0 Å². The molecule has 0 radical (unpaired) electrons. The van der Waals surface area contributed by atoms with Crippen LogP contribution in [-0.4, -0.2) is 31.2 Å². The summed E-state index contributed by atoms with van der Waals surface area (Å²) in [5.74, 6) is -0.0597. The number of anilines is 1. The van der Waals surface area contributed by atoms with Crippen LogP contribution in [0.1, 0.15) is 12.0 Å². The third-order valence-electron chi connectivity index (χ3n) is 3.61. The van der Waals surface area contributed by atoms with E-state index < -0.39 is 11.7 Å². The minimum Gasteiger partial charge on any atom is -0.463 e. The number of nitrogens with two attached hydrogens (primary N) is 2. The predicted molar refractivity (Wildman–Crippen MR) is 95.7 cm³/mol. The van der Waals surface area contributed by atoms with Crippen LogP contribution in [0.3, 0.4) is 0 Å². The molecular weight excluding hydrogens is 347 g/mol. The second kappa shape index (κ2) is 8.41. The molecule has 1 atom stereocenters. The lowest BCUT2D eigenvalue weighted by atomic mass is 10.1. The van der Waals surface area contributed by atoms with E-state index in [9.17, 15) is 13.2 Å². The van der Waals surface area contributed by atoms with Gasteiger partial charge in [0.25, 0.3) is 6.02 Å². The van der Waals surface area contributed by atoms with Gasteiger partial charge in [0.15, 0.2) is 0 Å². The number of allylic oxidation sites excluding steroid dienone is 2. The van der Waals surface area contributed by atoms with Gasteiger partial charge in [-0.2, -0.15) is 13.2 Å². The number of benzene rings is 1. The molecule has 1 heterocycles. The maximum absolute atomic E-state index is 12.6. The lowest BCUT2D eigenvalue weighted by Crippen LogP contribution is -2.11. The fraction of sp³-hybridized carbons (Fsp3) is 0.294. The van der Waals surface area contributed by atoms with Gasteiger partial charge in [-0.25, -0.2) is 9.98 Å². The van der Waals surface area contributed by atoms with E-state index in [1.54, 1.807) is 12.1 Å². The normalized spacial score (nSPS) is 17.9. The molecule has 0 saturated carbocycles. The van der Waals surface area contributed by atoms with Gasteiger partial charge in [0, 0.05) is 5.69 Å². The van der Waals surface area contributed by atoms with Crippen LogP contribution in [0.25, 0.3) is 0 Å². The van der Waals surface area contributed by atoms with Crippen molar-refractivity contribution in [3.63, 3.8) is 0 Å². The molecule has 140 valence electrons. The molecule has 1 aromatic rings. The Kier molecular flexibility index (Phi) is 6.26. The van der Waals surface area contributed by atoms with Crippen LogP contribution in [0.15, 0.2) is 58.3 Å². The van der Waals surface area contributed by atoms with E-state index in [0.29, 0.717) is 12.3 Å². The van der Waals surface area contributed by atoms with Crippen LogP contribution in [0.4, 0.5) is 18.9 Å². The van der Waals surface area contributed by atoms with Gasteiger partial charge in [-0.3, -0.25) is 0 Å². The Hall–Kier alpha value is -2.97. The van der Waals surface area contributed by atoms with E-state index >= 15 is 0 Å². The van der Waals surface area contributed by atoms with Crippen LogP contribution < -0.4 is 16.8 Å². The summed E-state index contributed by atoms with van der Waals surface area (Å²) in [4.78, 5) is 7.85. The number of rotatable bonds is 7. The fourth-order valence-corrected chi connectivity index (χ4v) is 2.25. The molecule has 0 unspecified atom stereocenters. The molecule has 0 spiro atoms. The molecule has 6 nitrogen and oxygen atoms in total. The first-order valence-electron chi connectivity index (χ1n) is 7.82. The number of alkyl halides is 3. The minimum absolute atomic E-state index is 0.0506. The summed E-state index contributed by atoms with van der Waals surface area (Å²) in [6.07, 6.45) is -1.26. The smallest absolute Gasteiger partial charge is 0.415 e. The summed E-state index contributed by atoms with van der Waals surface area (Å²) in [6.45, 7) is 3.47. The quantitative estimate of drug-likeness (QED) is 0.392. The molecule has 0 saturated heterocycles. The fourth-order valence-electron chi connectivity index (χ4n) is 2.25. The van der Waals surface area contributed by atoms with Gasteiger partial charge >= 0.3 is 6.18 Å². The molecule has 0 bridgehead atoms. The second-order valence-electron chi connectivity index (χ2n) is 5.62. The van der Waals surface area contributed by atoms with Crippen molar-refractivity contribution in [1.82, 2.24) is 0 Å². The average molecular weight is 367 g/mol. The second-order valence-corrected chi connectivity index (χ2v) is 5.62. The Labute approximate surface area is 149 Å². The summed E-state index contributed by atoms with van der Waals surface area (Å²) in [5.41, 5.74) is 11.3. The van der Waals surface area contributed by atoms with Gasteiger partial charge in [-0.15, -0.1) is 0 Å². The number of amidine groups is 1. The summed E-state index contributed by atoms with van der Waals surface area (Å²) in [6, 6.07) is 7.49. The monoisotopic (exact) mass is 367 g/mol. The zero-order chi connectivity index (χ0) is 19.2. The molecule has 0 aromatic heterocycles. The zero-order valence-electron chi connectivity index (χ0n) is 14.0. The Bertz CT molecular complexity index is 723. The molecule has 9 heteroatoms. The number of nitrogens with zero attached hydrogens (tertiary/aromatic N) is 2. The first kappa shape index (κ1) is 19.4. The highest BCUT2D eigenvalue weighted by atomic mass is 19.4. The van der Waals surface area contributed by atoms with Crippen LogP contribution in [0.2, 0.25) is 0 Å². The van der Waals surface area contributed by atoms with Crippen molar-refractivity contribution in [3.8, 4) is 0 Å². The van der Waals surface area contributed by atoms with E-state index in [4.69, 9.17) is 16.2 Å². The molecule has 0 amide bonds. The number of aliphatic imine (C=N–C) groups is 2. The number of halogens is 3. The van der Waals surface area contributed by atoms with Crippen molar-refractivity contribution < 1.29 is 17.9 Å². The van der Waals surface area contributed by atoms with E-state index in [-0.39, 0.29) is 17.9 Å². The van der Waals surface area contributed by atoms with E-state index in [1.165, 1.54) is 0 Å². The number of nitrogens with one attached hydrogen (secondary N) is 1. The Balaban J connectivity index is 1.97. The molecule has 1 aromatic carbocycles. The maximum Gasteiger partial charge on any atom is 0.415 e. The van der Waals surface area contributed by atoms with Crippen LogP contribution in [0, 0.1) is 0 Å². The zero-order valence-corrected chi connectivity index (χ0v) is 14.0. The van der Waals surface area contributed by atoms with Crippen molar-refractivity contribution in [2.45, 2.75) is 25.1 Å². The van der Waals surface area contributed by atoms with Crippen LogP contribution in [0.5, 0.6) is 0 Å². The van der Waals surface area contributed by atoms with E-state index in [2.05, 4.69) is 21.9 Å². The molecule has 0 aliphatic carbocycles. The summed E-state index contributed by atoms with van der Waals surface area (Å²) in [5, 5.41) is 2.78. The van der Waals surface area contributed by atoms with Crippen molar-refractivity contribution >= 4 is 18.0 Å². The average Bonchev–Trinajstić information content (AvgIpc) is 2.99. The maximum atomic E-state index is 12.6. The van der Waals surface area contributed by atoms with Crippen molar-refractivity contribution in [1.29, 1.82) is 0 Å². The van der Waals surface area contributed by atoms with E-state index in [0.717, 1.165) is 30.8 Å². The van der Waals surface area contributed by atoms with Gasteiger partial charge in [0.2, 0.25) is 0 Å². The molecule has 0 fully saturated rings. The standard InChI is InChI=1S/C17H20F3N5O/c1-11(17(18,19)20)8-15(23-10-21)24-13-5-2-12(3-6-13)4-7-14-9-26-16(22)25-14/h2-3,5-6,8,10,14,24H,1,4,7,9H2,(H2,21,23)(H2,22,25)/b15-8+/t14-/m0/s1. The Morgan fingerprint density at radius 3 is 2.62 bits per heavy atom. The van der Waals surface area contributed by atoms with Crippen LogP contribution in [-0.2, 0) is 11.2 Å². The lowest BCUT2D eigenvalue weighted by Gasteiger charge is -2.11. The Morgan fingerprint density at radius 2 is 2.08 bits per heavy atom. The molecular formula is C17H20F3N5O. The van der Waals surface area contributed by atoms with Gasteiger partial charge in [-0.05, 0) is 36.6 Å². The number of aryl methyl sites for hydroxylation is 1. The van der Waals surface area contributed by atoms with Crippen LogP contribution >= 0.6 is 0 Å². The van der Waals surface area contributed by atoms with Gasteiger partial charge in [-0.1, -0.05) is 18.7 Å². The molecule has 5 N–H and O–H groups in total. The predicted octanol–water partition coefficient (Wildman–Crippen LogP) is 2.69. The summed E-state index contributed by atoms with van der Waals surface area (Å²) < 4.78 is 42.9. The van der Waals surface area contributed by atoms with Gasteiger partial charge < -0.3 is 21.5 Å². The summed E-state index contributed by atoms with van der Waals surface area (Å²) >= 11 is 0. The third kappa shape index (κ3) is 5.83. The first-order valence-corrected chi connectivity index (χ1v) is 7.82. The minimum atomic E-state index is -4.53. The first-order chi connectivity index (χ1) is 12.3. The van der Waals surface area contributed by atoms with E-state index in [1.807, 2.05) is 12.1 Å². The van der Waals surface area contributed by atoms with Crippen molar-refractivity contribution in [2.75, 3.05) is 11.9 Å². The highest BCUT2D eigenvalue weighted by Crippen LogP contribution is 2.26. The SMILES string of the molecule is C=C(/C=C(\N=CN)Nc1ccc(CC[C@H]2COC(N)=N2)cc1)C(F)(F)F. The number of hydrogen-bond donors (Lipinski definition) is 3.